The molecule has 2 aromatic rings. The molecule has 0 atom stereocenters. The molecule has 0 unspecified atom stereocenters. The Kier molecular flexibility index (Phi) is 3.54. The molecule has 0 amide bonds. The minimum atomic E-state index is -0.539. The highest BCUT2D eigenvalue weighted by molar-refractivity contribution is 6.32. The van der Waals surface area contributed by atoms with E-state index in [9.17, 15) is 10.1 Å². The van der Waals surface area contributed by atoms with Gasteiger partial charge in [0.15, 0.2) is 0 Å². The summed E-state index contributed by atoms with van der Waals surface area (Å²) in [6.45, 7) is 5.88. The molecule has 5 heteroatoms. The molecule has 0 fully saturated rings. The lowest BCUT2D eigenvalue weighted by atomic mass is 9.83. The molecular weight excluding hydrogens is 312 g/mol. The normalized spacial score (nSPS) is 15.6. The molecule has 1 aromatic heterocycles. The maximum absolute atomic E-state index is 11.9. The van der Waals surface area contributed by atoms with Gasteiger partial charge in [0.25, 0.3) is 5.56 Å². The van der Waals surface area contributed by atoms with Gasteiger partial charge in [-0.15, -0.1) is 0 Å². The summed E-state index contributed by atoms with van der Waals surface area (Å²) < 4.78 is 6.06. The number of pyridine rings is 1. The second kappa shape index (κ2) is 5.29. The fourth-order valence-corrected chi connectivity index (χ4v) is 2.95. The van der Waals surface area contributed by atoms with Crippen LogP contribution in [0, 0.1) is 11.3 Å². The molecule has 0 bridgehead atoms. The van der Waals surface area contributed by atoms with Gasteiger partial charge in [0, 0.05) is 17.3 Å². The SMILES string of the molecule is CC1=C(c2cc[nH]c(=O)c2Cl)c2cc(C#N)ccc2OC1(C)C. The van der Waals surface area contributed by atoms with Gasteiger partial charge < -0.3 is 9.72 Å². The van der Waals surface area contributed by atoms with E-state index in [0.717, 1.165) is 16.7 Å². The van der Waals surface area contributed by atoms with E-state index in [1.165, 1.54) is 0 Å². The molecule has 4 nitrogen and oxygen atoms in total. The third-order valence-corrected chi connectivity index (χ3v) is 4.57. The number of nitrogens with one attached hydrogen (secondary N) is 1. The van der Waals surface area contributed by atoms with Crippen molar-refractivity contribution in [2.45, 2.75) is 26.4 Å². The van der Waals surface area contributed by atoms with E-state index in [1.807, 2.05) is 20.8 Å². The summed E-state index contributed by atoms with van der Waals surface area (Å²) in [6.07, 6.45) is 1.57. The van der Waals surface area contributed by atoms with Gasteiger partial charge in [-0.3, -0.25) is 4.79 Å². The molecule has 1 aliphatic rings. The number of H-pyrrole nitrogens is 1. The molecule has 0 saturated carbocycles. The highest BCUT2D eigenvalue weighted by atomic mass is 35.5. The minimum Gasteiger partial charge on any atom is -0.483 e. The zero-order valence-corrected chi connectivity index (χ0v) is 13.8. The van der Waals surface area contributed by atoms with Gasteiger partial charge in [0.1, 0.15) is 16.4 Å². The number of hydrogen-bond acceptors (Lipinski definition) is 3. The van der Waals surface area contributed by atoms with Crippen LogP contribution in [0.2, 0.25) is 5.02 Å². The van der Waals surface area contributed by atoms with E-state index in [0.29, 0.717) is 16.9 Å². The van der Waals surface area contributed by atoms with E-state index in [4.69, 9.17) is 16.3 Å². The quantitative estimate of drug-likeness (QED) is 0.864. The van der Waals surface area contributed by atoms with E-state index in [-0.39, 0.29) is 10.6 Å². The van der Waals surface area contributed by atoms with Gasteiger partial charge in [-0.25, -0.2) is 0 Å². The second-order valence-electron chi connectivity index (χ2n) is 5.97. The van der Waals surface area contributed by atoms with E-state index < -0.39 is 5.60 Å². The number of nitriles is 1. The third-order valence-electron chi connectivity index (χ3n) is 4.19. The summed E-state index contributed by atoms with van der Waals surface area (Å²) in [7, 11) is 0. The Morgan fingerprint density at radius 1 is 1.26 bits per heavy atom. The average molecular weight is 327 g/mol. The van der Waals surface area contributed by atoms with Crippen LogP contribution >= 0.6 is 11.6 Å². The molecular formula is C18H15ClN2O2. The summed E-state index contributed by atoms with van der Waals surface area (Å²) in [5.41, 5.74) is 2.85. The summed E-state index contributed by atoms with van der Waals surface area (Å²) in [5, 5.41) is 9.31. The number of rotatable bonds is 1. The average Bonchev–Trinajstić information content (AvgIpc) is 2.51. The number of fused-ring (bicyclic) bond motifs is 1. The van der Waals surface area contributed by atoms with E-state index in [1.54, 1.807) is 30.5 Å². The Morgan fingerprint density at radius 2 is 2.00 bits per heavy atom. The number of aromatic amines is 1. The van der Waals surface area contributed by atoms with Crippen LogP contribution in [0.15, 0.2) is 40.8 Å². The van der Waals surface area contributed by atoms with Crippen molar-refractivity contribution in [2.75, 3.05) is 0 Å². The Morgan fingerprint density at radius 3 is 2.70 bits per heavy atom. The van der Waals surface area contributed by atoms with Crippen LogP contribution in [-0.4, -0.2) is 10.6 Å². The van der Waals surface area contributed by atoms with Crippen LogP contribution in [0.1, 0.15) is 37.5 Å². The number of hydrogen-bond donors (Lipinski definition) is 1. The molecule has 1 N–H and O–H groups in total. The van der Waals surface area contributed by atoms with Gasteiger partial charge in [-0.1, -0.05) is 11.6 Å². The smallest absolute Gasteiger partial charge is 0.267 e. The summed E-state index contributed by atoms with van der Waals surface area (Å²) in [4.78, 5) is 14.5. The molecule has 0 radical (unpaired) electrons. The Labute approximate surface area is 139 Å². The van der Waals surface area contributed by atoms with Gasteiger partial charge >= 0.3 is 0 Å². The summed E-state index contributed by atoms with van der Waals surface area (Å²) in [5.74, 6) is 0.672. The number of ether oxygens (including phenoxy) is 1. The minimum absolute atomic E-state index is 0.132. The van der Waals surface area contributed by atoms with Crippen LogP contribution in [0.4, 0.5) is 0 Å². The molecule has 0 aliphatic carbocycles. The molecule has 2 heterocycles. The zero-order chi connectivity index (χ0) is 16.8. The molecule has 23 heavy (non-hydrogen) atoms. The lowest BCUT2D eigenvalue weighted by Gasteiger charge is -2.36. The fourth-order valence-electron chi connectivity index (χ4n) is 2.74. The van der Waals surface area contributed by atoms with E-state index in [2.05, 4.69) is 11.1 Å². The number of benzene rings is 1. The standard InChI is InChI=1S/C18H15ClN2O2/c1-10-15(12-6-7-21-17(22)16(12)19)13-8-11(9-20)4-5-14(13)23-18(10,2)3/h4-8H,1-3H3,(H,21,22). The first-order chi connectivity index (χ1) is 10.8. The number of nitrogens with zero attached hydrogens (tertiary/aromatic N) is 1. The zero-order valence-electron chi connectivity index (χ0n) is 13.0. The van der Waals surface area contributed by atoms with Gasteiger partial charge in [-0.05, 0) is 56.2 Å². The Balaban J connectivity index is 2.39. The topological polar surface area (TPSA) is 65.9 Å². The second-order valence-corrected chi connectivity index (χ2v) is 6.35. The molecule has 0 saturated heterocycles. The van der Waals surface area contributed by atoms with Crippen molar-refractivity contribution in [2.24, 2.45) is 0 Å². The van der Waals surface area contributed by atoms with Crippen molar-refractivity contribution in [3.63, 3.8) is 0 Å². The monoisotopic (exact) mass is 326 g/mol. The van der Waals surface area contributed by atoms with Crippen molar-refractivity contribution in [1.29, 1.82) is 5.26 Å². The van der Waals surface area contributed by atoms with Crippen LogP contribution in [0.5, 0.6) is 5.75 Å². The molecule has 0 spiro atoms. The highest BCUT2D eigenvalue weighted by Crippen LogP contribution is 2.44. The van der Waals surface area contributed by atoms with Gasteiger partial charge in [0.05, 0.1) is 11.6 Å². The Hall–Kier alpha value is -2.51. The third kappa shape index (κ3) is 2.43. The van der Waals surface area contributed by atoms with Crippen molar-refractivity contribution < 1.29 is 4.74 Å². The first-order valence-electron chi connectivity index (χ1n) is 7.17. The van der Waals surface area contributed by atoms with Crippen LogP contribution in [0.3, 0.4) is 0 Å². The predicted molar refractivity (Wildman–Crippen MR) is 89.6 cm³/mol. The fraction of sp³-hybridized carbons (Fsp3) is 0.222. The maximum Gasteiger partial charge on any atom is 0.267 e. The number of aromatic nitrogens is 1. The van der Waals surface area contributed by atoms with Crippen LogP contribution in [-0.2, 0) is 0 Å². The first kappa shape index (κ1) is 15.4. The van der Waals surface area contributed by atoms with Crippen molar-refractivity contribution >= 4 is 17.2 Å². The highest BCUT2D eigenvalue weighted by Gasteiger charge is 2.33. The van der Waals surface area contributed by atoms with Crippen LogP contribution < -0.4 is 10.3 Å². The lowest BCUT2D eigenvalue weighted by molar-refractivity contribution is 0.144. The largest absolute Gasteiger partial charge is 0.483 e. The summed E-state index contributed by atoms with van der Waals surface area (Å²) >= 11 is 6.24. The summed E-state index contributed by atoms with van der Waals surface area (Å²) in [6, 6.07) is 9.16. The molecule has 116 valence electrons. The van der Waals surface area contributed by atoms with E-state index >= 15 is 0 Å². The molecule has 3 rings (SSSR count). The maximum atomic E-state index is 11.9. The Bertz CT molecular complexity index is 933. The lowest BCUT2D eigenvalue weighted by Crippen LogP contribution is -2.34. The predicted octanol–water partition coefficient (Wildman–Crippen LogP) is 3.89. The van der Waals surface area contributed by atoms with Crippen molar-refractivity contribution in [3.8, 4) is 11.8 Å². The van der Waals surface area contributed by atoms with Gasteiger partial charge in [0.2, 0.25) is 0 Å². The molecule has 1 aliphatic heterocycles. The first-order valence-corrected chi connectivity index (χ1v) is 7.55. The van der Waals surface area contributed by atoms with Gasteiger partial charge in [-0.2, -0.15) is 5.26 Å². The van der Waals surface area contributed by atoms with Crippen molar-refractivity contribution in [3.05, 3.63) is 68.1 Å². The van der Waals surface area contributed by atoms with Crippen molar-refractivity contribution in [1.82, 2.24) is 4.98 Å². The van der Waals surface area contributed by atoms with Crippen LogP contribution in [0.25, 0.3) is 5.57 Å². The number of halogens is 1. The molecule has 1 aromatic carbocycles.